The van der Waals surface area contributed by atoms with Gasteiger partial charge in [0, 0.05) is 5.69 Å². The standard InChI is InChI=1S/C13H15ClN2O3/c1-7-9(5-4-8(6-15)10(7)14)16-11(12(17)18)13(2,3)19/h4-5,11,16,19H,1-3H3,(H,17,18)/t11-/m0/s1. The Morgan fingerprint density at radius 2 is 2.11 bits per heavy atom. The smallest absolute Gasteiger partial charge is 0.329 e. The number of nitrogens with one attached hydrogen (secondary N) is 1. The molecule has 0 aromatic heterocycles. The summed E-state index contributed by atoms with van der Waals surface area (Å²) in [5, 5.41) is 30.8. The number of rotatable bonds is 4. The molecule has 19 heavy (non-hydrogen) atoms. The van der Waals surface area contributed by atoms with Crippen LogP contribution in [-0.2, 0) is 4.79 Å². The molecule has 5 nitrogen and oxygen atoms in total. The molecule has 0 aliphatic heterocycles. The minimum atomic E-state index is -1.45. The average molecular weight is 283 g/mol. The van der Waals surface area contributed by atoms with Crippen LogP contribution in [0.15, 0.2) is 12.1 Å². The van der Waals surface area contributed by atoms with E-state index in [1.807, 2.05) is 6.07 Å². The van der Waals surface area contributed by atoms with E-state index in [0.29, 0.717) is 16.8 Å². The number of aliphatic hydroxyl groups is 1. The number of carboxylic acid groups (broad SMARTS) is 1. The minimum Gasteiger partial charge on any atom is -0.480 e. The molecule has 1 atom stereocenters. The molecule has 0 saturated heterocycles. The number of hydrogen-bond donors (Lipinski definition) is 3. The van der Waals surface area contributed by atoms with Crippen molar-refractivity contribution in [1.82, 2.24) is 0 Å². The topological polar surface area (TPSA) is 93.3 Å². The predicted octanol–water partition coefficient (Wildman–Crippen LogP) is 2.16. The van der Waals surface area contributed by atoms with Crippen LogP contribution < -0.4 is 5.32 Å². The van der Waals surface area contributed by atoms with E-state index in [9.17, 15) is 9.90 Å². The minimum absolute atomic E-state index is 0.271. The summed E-state index contributed by atoms with van der Waals surface area (Å²) in [6.07, 6.45) is 0. The van der Waals surface area contributed by atoms with Crippen molar-refractivity contribution in [3.63, 3.8) is 0 Å². The Kier molecular flexibility index (Phi) is 4.40. The fraction of sp³-hybridized carbons (Fsp3) is 0.385. The van der Waals surface area contributed by atoms with Crippen LogP contribution in [0.5, 0.6) is 0 Å². The molecule has 1 aromatic carbocycles. The number of carboxylic acids is 1. The van der Waals surface area contributed by atoms with Gasteiger partial charge in [-0.3, -0.25) is 0 Å². The van der Waals surface area contributed by atoms with E-state index in [2.05, 4.69) is 5.32 Å². The summed E-state index contributed by atoms with van der Waals surface area (Å²) in [5.74, 6) is -1.17. The van der Waals surface area contributed by atoms with Gasteiger partial charge in [-0.25, -0.2) is 4.79 Å². The number of carbonyl (C=O) groups is 1. The molecule has 0 amide bonds. The summed E-state index contributed by atoms with van der Waals surface area (Å²) in [6, 6.07) is 3.83. The van der Waals surface area contributed by atoms with Crippen LogP contribution in [0.4, 0.5) is 5.69 Å². The van der Waals surface area contributed by atoms with Gasteiger partial charge in [0.2, 0.25) is 0 Å². The highest BCUT2D eigenvalue weighted by Gasteiger charge is 2.33. The Bertz CT molecular complexity index is 544. The predicted molar refractivity (Wildman–Crippen MR) is 72.2 cm³/mol. The maximum atomic E-state index is 11.2. The van der Waals surface area contributed by atoms with Gasteiger partial charge in [0.1, 0.15) is 6.07 Å². The molecule has 0 unspecified atom stereocenters. The highest BCUT2D eigenvalue weighted by atomic mass is 35.5. The second-order valence-electron chi connectivity index (χ2n) is 4.78. The van der Waals surface area contributed by atoms with Crippen LogP contribution in [0.2, 0.25) is 5.02 Å². The molecular weight excluding hydrogens is 268 g/mol. The molecule has 0 spiro atoms. The zero-order valence-corrected chi connectivity index (χ0v) is 11.6. The second kappa shape index (κ2) is 5.47. The fourth-order valence-electron chi connectivity index (χ4n) is 1.62. The van der Waals surface area contributed by atoms with Crippen LogP contribution in [0.1, 0.15) is 25.0 Å². The molecule has 0 aliphatic rings. The van der Waals surface area contributed by atoms with Crippen LogP contribution >= 0.6 is 11.6 Å². The monoisotopic (exact) mass is 282 g/mol. The molecular formula is C13H15ClN2O3. The molecule has 0 heterocycles. The van der Waals surface area contributed by atoms with Gasteiger partial charge in [-0.1, -0.05) is 11.6 Å². The van der Waals surface area contributed by atoms with E-state index in [0.717, 1.165) is 0 Å². The van der Waals surface area contributed by atoms with E-state index in [4.69, 9.17) is 22.0 Å². The van der Waals surface area contributed by atoms with Gasteiger partial charge in [-0.05, 0) is 38.5 Å². The van der Waals surface area contributed by atoms with Crippen molar-refractivity contribution in [3.05, 3.63) is 28.3 Å². The lowest BCUT2D eigenvalue weighted by molar-refractivity contribution is -0.142. The van der Waals surface area contributed by atoms with Crippen molar-refractivity contribution < 1.29 is 15.0 Å². The Morgan fingerprint density at radius 1 is 1.53 bits per heavy atom. The third-order valence-corrected chi connectivity index (χ3v) is 3.25. The van der Waals surface area contributed by atoms with Gasteiger partial charge in [-0.15, -0.1) is 0 Å². The normalized spacial score (nSPS) is 12.6. The first-order valence-corrected chi connectivity index (χ1v) is 5.97. The molecule has 0 bridgehead atoms. The SMILES string of the molecule is Cc1c(N[C@@H](C(=O)O)C(C)(C)O)ccc(C#N)c1Cl. The largest absolute Gasteiger partial charge is 0.480 e. The lowest BCUT2D eigenvalue weighted by Gasteiger charge is -2.28. The van der Waals surface area contributed by atoms with Crippen molar-refractivity contribution in [3.8, 4) is 6.07 Å². The molecule has 1 aromatic rings. The molecule has 1 rings (SSSR count). The summed E-state index contributed by atoms with van der Waals surface area (Å²) in [7, 11) is 0. The molecule has 0 fully saturated rings. The number of nitriles is 1. The third kappa shape index (κ3) is 3.37. The number of anilines is 1. The van der Waals surface area contributed by atoms with Gasteiger partial charge in [-0.2, -0.15) is 5.26 Å². The first kappa shape index (κ1) is 15.3. The Labute approximate surface area is 116 Å². The number of aliphatic carboxylic acids is 1. The van der Waals surface area contributed by atoms with Gasteiger partial charge < -0.3 is 15.5 Å². The molecule has 0 radical (unpaired) electrons. The van der Waals surface area contributed by atoms with Gasteiger partial charge in [0.15, 0.2) is 6.04 Å². The summed E-state index contributed by atoms with van der Waals surface area (Å²) in [5.41, 5.74) is -0.0897. The van der Waals surface area contributed by atoms with Crippen molar-refractivity contribution in [2.45, 2.75) is 32.4 Å². The second-order valence-corrected chi connectivity index (χ2v) is 5.16. The lowest BCUT2D eigenvalue weighted by atomic mass is 9.98. The quantitative estimate of drug-likeness (QED) is 0.787. The number of benzene rings is 1. The van der Waals surface area contributed by atoms with Crippen molar-refractivity contribution >= 4 is 23.3 Å². The number of nitrogens with zero attached hydrogens (tertiary/aromatic N) is 1. The highest BCUT2D eigenvalue weighted by Crippen LogP contribution is 2.28. The maximum Gasteiger partial charge on any atom is 0.329 e. The van der Waals surface area contributed by atoms with Gasteiger partial charge in [0.25, 0.3) is 0 Å². The average Bonchev–Trinajstić information content (AvgIpc) is 2.29. The molecule has 0 saturated carbocycles. The van der Waals surface area contributed by atoms with E-state index in [1.54, 1.807) is 13.0 Å². The van der Waals surface area contributed by atoms with E-state index in [-0.39, 0.29) is 5.02 Å². The zero-order valence-electron chi connectivity index (χ0n) is 10.9. The van der Waals surface area contributed by atoms with Crippen molar-refractivity contribution in [2.24, 2.45) is 0 Å². The van der Waals surface area contributed by atoms with Crippen LogP contribution in [-0.4, -0.2) is 27.8 Å². The van der Waals surface area contributed by atoms with Gasteiger partial charge >= 0.3 is 5.97 Å². The molecule has 102 valence electrons. The van der Waals surface area contributed by atoms with Crippen molar-refractivity contribution in [1.29, 1.82) is 5.26 Å². The Hall–Kier alpha value is -1.77. The Morgan fingerprint density at radius 3 is 2.53 bits per heavy atom. The van der Waals surface area contributed by atoms with E-state index < -0.39 is 17.6 Å². The zero-order chi connectivity index (χ0) is 14.8. The van der Waals surface area contributed by atoms with Crippen LogP contribution in [0.3, 0.4) is 0 Å². The first-order valence-electron chi connectivity index (χ1n) is 5.59. The number of halogens is 1. The van der Waals surface area contributed by atoms with E-state index in [1.165, 1.54) is 19.9 Å². The summed E-state index contributed by atoms with van der Waals surface area (Å²) >= 11 is 6.00. The summed E-state index contributed by atoms with van der Waals surface area (Å²) in [6.45, 7) is 4.48. The molecule has 3 N–H and O–H groups in total. The third-order valence-electron chi connectivity index (χ3n) is 2.76. The molecule has 0 aliphatic carbocycles. The first-order chi connectivity index (χ1) is 8.68. The molecule has 6 heteroatoms. The van der Waals surface area contributed by atoms with Crippen LogP contribution in [0.25, 0.3) is 0 Å². The van der Waals surface area contributed by atoms with Gasteiger partial charge in [0.05, 0.1) is 16.2 Å². The number of hydrogen-bond acceptors (Lipinski definition) is 4. The fourth-order valence-corrected chi connectivity index (χ4v) is 1.83. The van der Waals surface area contributed by atoms with E-state index >= 15 is 0 Å². The Balaban J connectivity index is 3.16. The maximum absolute atomic E-state index is 11.2. The van der Waals surface area contributed by atoms with Crippen LogP contribution in [0, 0.1) is 18.3 Å². The summed E-state index contributed by atoms with van der Waals surface area (Å²) in [4.78, 5) is 11.2. The lowest BCUT2D eigenvalue weighted by Crippen LogP contribution is -2.47. The van der Waals surface area contributed by atoms with Crippen molar-refractivity contribution in [2.75, 3.05) is 5.32 Å². The highest BCUT2D eigenvalue weighted by molar-refractivity contribution is 6.32. The summed E-state index contributed by atoms with van der Waals surface area (Å²) < 4.78 is 0.